The minimum Gasteiger partial charge on any atom is -0.481 e. The maximum absolute atomic E-state index is 13.2. The fraction of sp³-hybridized carbons (Fsp3) is 0.484. The fourth-order valence-corrected chi connectivity index (χ4v) is 5.17. The van der Waals surface area contributed by atoms with E-state index in [1.54, 1.807) is 20.1 Å². The van der Waals surface area contributed by atoms with E-state index in [2.05, 4.69) is 21.3 Å². The Bertz CT molecular complexity index is 1310. The zero-order valence-corrected chi connectivity index (χ0v) is 26.1. The summed E-state index contributed by atoms with van der Waals surface area (Å²) < 4.78 is 0. The molecule has 2 rings (SSSR count). The predicted octanol–water partition coefficient (Wildman–Crippen LogP) is 2.20. The van der Waals surface area contributed by atoms with Crippen molar-refractivity contribution < 1.29 is 33.9 Å². The van der Waals surface area contributed by atoms with Crippen LogP contribution in [0.3, 0.4) is 0 Å². The summed E-state index contributed by atoms with van der Waals surface area (Å²) in [5.74, 6) is -4.05. The predicted molar refractivity (Wildman–Crippen MR) is 166 cm³/mol. The van der Waals surface area contributed by atoms with Gasteiger partial charge in [-0.3, -0.25) is 28.8 Å². The van der Waals surface area contributed by atoms with Gasteiger partial charge in [0.1, 0.15) is 18.1 Å². The van der Waals surface area contributed by atoms with E-state index >= 15 is 0 Å². The van der Waals surface area contributed by atoms with Gasteiger partial charge in [-0.1, -0.05) is 56.3 Å². The zero-order chi connectivity index (χ0) is 32.1. The number of ketones is 1. The van der Waals surface area contributed by atoms with Crippen molar-refractivity contribution in [1.29, 1.82) is 0 Å². The third-order valence-corrected chi connectivity index (χ3v) is 7.53. The molecule has 4 unspecified atom stereocenters. The summed E-state index contributed by atoms with van der Waals surface area (Å²) in [6, 6.07) is 9.64. The first-order valence-electron chi connectivity index (χ1n) is 14.2. The molecule has 0 saturated carbocycles. The fourth-order valence-electron chi connectivity index (χ4n) is 4.61. The second-order valence-corrected chi connectivity index (χ2v) is 11.7. The Hall–Kier alpha value is -3.93. The quantitative estimate of drug-likeness (QED) is 0.181. The van der Waals surface area contributed by atoms with E-state index < -0.39 is 66.0 Å². The number of carbonyl (C=O) groups is 6. The molecule has 2 aromatic rings. The summed E-state index contributed by atoms with van der Waals surface area (Å²) in [5, 5.41) is 21.8. The van der Waals surface area contributed by atoms with E-state index in [-0.39, 0.29) is 12.3 Å². The van der Waals surface area contributed by atoms with Crippen LogP contribution in [-0.4, -0.2) is 76.7 Å². The molecule has 2 aromatic carbocycles. The number of thioether (sulfide) groups is 1. The van der Waals surface area contributed by atoms with Crippen molar-refractivity contribution in [2.45, 2.75) is 77.5 Å². The maximum atomic E-state index is 13.2. The number of aryl methyl sites for hydroxylation is 1. The molecule has 0 heterocycles. The number of aliphatic carboxylic acids is 1. The van der Waals surface area contributed by atoms with Crippen LogP contribution in [0, 0.1) is 5.92 Å². The van der Waals surface area contributed by atoms with Crippen molar-refractivity contribution in [2.24, 2.45) is 5.92 Å². The number of fused-ring (bicyclic) bond motifs is 1. The second-order valence-electron chi connectivity index (χ2n) is 10.8. The van der Waals surface area contributed by atoms with Gasteiger partial charge in [-0.05, 0) is 48.3 Å². The monoisotopic (exact) mass is 614 g/mol. The number of amides is 4. The molecule has 12 heteroatoms. The van der Waals surface area contributed by atoms with Crippen molar-refractivity contribution >= 4 is 57.9 Å². The molecule has 43 heavy (non-hydrogen) atoms. The Kier molecular flexibility index (Phi) is 14.1. The van der Waals surface area contributed by atoms with Crippen LogP contribution in [0.1, 0.15) is 52.5 Å². The third-order valence-electron chi connectivity index (χ3n) is 6.86. The van der Waals surface area contributed by atoms with Crippen LogP contribution in [0.4, 0.5) is 0 Å². The van der Waals surface area contributed by atoms with Crippen molar-refractivity contribution in [2.75, 3.05) is 12.0 Å². The van der Waals surface area contributed by atoms with E-state index in [0.717, 1.165) is 16.3 Å². The largest absolute Gasteiger partial charge is 0.481 e. The molecular formula is C31H42N4O7S. The van der Waals surface area contributed by atoms with E-state index in [9.17, 15) is 33.9 Å². The summed E-state index contributed by atoms with van der Waals surface area (Å²) in [5.41, 5.74) is 1.07. The van der Waals surface area contributed by atoms with Crippen LogP contribution in [0.5, 0.6) is 0 Å². The number of nitrogens with one attached hydrogen (secondary N) is 4. The van der Waals surface area contributed by atoms with Gasteiger partial charge >= 0.3 is 5.97 Å². The van der Waals surface area contributed by atoms with Gasteiger partial charge in [0.2, 0.25) is 23.6 Å². The number of Topliss-reactive ketones (excluding diaryl/α,β-unsaturated/α-hetero) is 1. The van der Waals surface area contributed by atoms with Gasteiger partial charge < -0.3 is 26.4 Å². The molecule has 4 amide bonds. The van der Waals surface area contributed by atoms with Crippen molar-refractivity contribution in [3.8, 4) is 0 Å². The van der Waals surface area contributed by atoms with Gasteiger partial charge in [0.25, 0.3) is 0 Å². The topological polar surface area (TPSA) is 171 Å². The second kappa shape index (κ2) is 17.3. The Labute approximate surface area is 256 Å². The minimum absolute atomic E-state index is 0.0642. The van der Waals surface area contributed by atoms with Crippen LogP contribution in [0.15, 0.2) is 42.5 Å². The SMILES string of the molecule is CSCC(NC(C)=O)C(=O)NC(C)C(=O)NC(C(=O)NC(CC(=O)O)C(=O)CCCc1cccc2ccccc12)C(C)C. The zero-order valence-electron chi connectivity index (χ0n) is 25.3. The van der Waals surface area contributed by atoms with Gasteiger partial charge in [-0.25, -0.2) is 0 Å². The summed E-state index contributed by atoms with van der Waals surface area (Å²) >= 11 is 1.35. The van der Waals surface area contributed by atoms with Gasteiger partial charge in [-0.15, -0.1) is 0 Å². The Balaban J connectivity index is 2.03. The van der Waals surface area contributed by atoms with Gasteiger partial charge in [-0.2, -0.15) is 11.8 Å². The molecule has 4 atom stereocenters. The molecule has 0 radical (unpaired) electrons. The number of carboxylic acid groups (broad SMARTS) is 1. The molecule has 0 aliphatic rings. The van der Waals surface area contributed by atoms with Crippen LogP contribution >= 0.6 is 11.8 Å². The molecule has 0 bridgehead atoms. The van der Waals surface area contributed by atoms with Gasteiger partial charge in [0.15, 0.2) is 5.78 Å². The first-order valence-corrected chi connectivity index (χ1v) is 15.6. The first-order chi connectivity index (χ1) is 20.3. The number of hydrogen-bond acceptors (Lipinski definition) is 7. The molecule has 0 aliphatic carbocycles. The molecule has 0 saturated heterocycles. The Morgan fingerprint density at radius 3 is 2.12 bits per heavy atom. The lowest BCUT2D eigenvalue weighted by Crippen LogP contribution is -2.58. The summed E-state index contributed by atoms with van der Waals surface area (Å²) in [4.78, 5) is 74.8. The highest BCUT2D eigenvalue weighted by atomic mass is 32.2. The molecule has 0 aromatic heterocycles. The Morgan fingerprint density at radius 1 is 0.814 bits per heavy atom. The van der Waals surface area contributed by atoms with Crippen LogP contribution in [0.25, 0.3) is 10.8 Å². The summed E-state index contributed by atoms with van der Waals surface area (Å²) in [7, 11) is 0. The lowest BCUT2D eigenvalue weighted by atomic mass is 9.97. The molecule has 0 aliphatic heterocycles. The molecular weight excluding hydrogens is 572 g/mol. The van der Waals surface area contributed by atoms with E-state index in [1.807, 2.05) is 42.5 Å². The van der Waals surface area contributed by atoms with Crippen molar-refractivity contribution in [3.05, 3.63) is 48.0 Å². The van der Waals surface area contributed by atoms with E-state index in [0.29, 0.717) is 18.6 Å². The molecule has 5 N–H and O–H groups in total. The average Bonchev–Trinajstić information content (AvgIpc) is 2.94. The standard InChI is InChI=1S/C31H42N4O7S/c1-18(2)28(35-29(40)19(3)32-30(41)25(17-43-5)33-20(4)36)31(42)34-24(16-27(38)39)26(37)15-9-13-22-12-8-11-21-10-6-7-14-23(21)22/h6-8,10-12,14,18-19,24-25,28H,9,13,15-17H2,1-5H3,(H,32,41)(H,33,36)(H,34,42)(H,35,40)(H,38,39). The van der Waals surface area contributed by atoms with Crippen molar-refractivity contribution in [3.63, 3.8) is 0 Å². The number of carboxylic acids is 1. The number of benzene rings is 2. The molecule has 234 valence electrons. The van der Waals surface area contributed by atoms with Gasteiger partial charge in [0.05, 0.1) is 12.5 Å². The average molecular weight is 615 g/mol. The highest BCUT2D eigenvalue weighted by Crippen LogP contribution is 2.20. The Morgan fingerprint density at radius 2 is 1.49 bits per heavy atom. The number of hydrogen-bond donors (Lipinski definition) is 5. The van der Waals surface area contributed by atoms with Crippen LogP contribution < -0.4 is 21.3 Å². The molecule has 0 spiro atoms. The number of carbonyl (C=O) groups excluding carboxylic acids is 5. The summed E-state index contributed by atoms with van der Waals surface area (Å²) in [6.45, 7) is 6.11. The van der Waals surface area contributed by atoms with Crippen LogP contribution in [-0.2, 0) is 35.2 Å². The molecule has 11 nitrogen and oxygen atoms in total. The lowest BCUT2D eigenvalue weighted by molar-refractivity contribution is -0.141. The highest BCUT2D eigenvalue weighted by Gasteiger charge is 2.31. The molecule has 0 fully saturated rings. The third kappa shape index (κ3) is 11.3. The van der Waals surface area contributed by atoms with Crippen molar-refractivity contribution in [1.82, 2.24) is 21.3 Å². The summed E-state index contributed by atoms with van der Waals surface area (Å²) in [6.07, 6.45) is 2.32. The minimum atomic E-state index is -1.27. The van der Waals surface area contributed by atoms with E-state index in [1.165, 1.54) is 25.6 Å². The smallest absolute Gasteiger partial charge is 0.305 e. The van der Waals surface area contributed by atoms with Crippen LogP contribution in [0.2, 0.25) is 0 Å². The number of rotatable bonds is 17. The van der Waals surface area contributed by atoms with E-state index in [4.69, 9.17) is 0 Å². The maximum Gasteiger partial charge on any atom is 0.305 e. The van der Waals surface area contributed by atoms with Gasteiger partial charge in [0, 0.05) is 19.1 Å². The first kappa shape index (κ1) is 35.3. The lowest BCUT2D eigenvalue weighted by Gasteiger charge is -2.26. The highest BCUT2D eigenvalue weighted by molar-refractivity contribution is 7.98. The normalized spacial score (nSPS) is 13.8.